The Bertz CT molecular complexity index is 1490. The number of amides is 3. The summed E-state index contributed by atoms with van der Waals surface area (Å²) in [6.45, 7) is 1.84. The second kappa shape index (κ2) is 11.3. The van der Waals surface area contributed by atoms with Crippen molar-refractivity contribution in [3.8, 4) is 23.0 Å². The van der Waals surface area contributed by atoms with Crippen LogP contribution in [0.25, 0.3) is 6.08 Å². The van der Waals surface area contributed by atoms with Crippen molar-refractivity contribution in [3.05, 3.63) is 81.2 Å². The largest absolute Gasteiger partial charge is 0.493 e. The second-order valence-corrected chi connectivity index (χ2v) is 10.1. The highest BCUT2D eigenvalue weighted by Gasteiger charge is 2.35. The Morgan fingerprint density at radius 2 is 1.82 bits per heavy atom. The van der Waals surface area contributed by atoms with Crippen molar-refractivity contribution in [2.24, 2.45) is 0 Å². The minimum atomic E-state index is -0.439. The van der Waals surface area contributed by atoms with E-state index >= 15 is 0 Å². The fourth-order valence-electron chi connectivity index (χ4n) is 3.91. The van der Waals surface area contributed by atoms with Gasteiger partial charge in [-0.3, -0.25) is 19.3 Å². The van der Waals surface area contributed by atoms with Gasteiger partial charge in [-0.2, -0.15) is 0 Å². The van der Waals surface area contributed by atoms with E-state index < -0.39 is 11.1 Å². The maximum absolute atomic E-state index is 13.1. The van der Waals surface area contributed by atoms with Crippen LogP contribution in [-0.2, 0) is 16.1 Å². The van der Waals surface area contributed by atoms with Crippen molar-refractivity contribution in [1.29, 1.82) is 0 Å². The lowest BCUT2D eigenvalue weighted by molar-refractivity contribution is -0.123. The molecule has 9 nitrogen and oxygen atoms in total. The fraction of sp³-hybridized carbons (Fsp3) is 0.179. The van der Waals surface area contributed by atoms with Crippen LogP contribution in [0.15, 0.2) is 59.5 Å². The van der Waals surface area contributed by atoms with E-state index in [1.165, 1.54) is 7.11 Å². The van der Waals surface area contributed by atoms with Crippen LogP contribution in [0.1, 0.15) is 16.7 Å². The number of fused-ring (bicyclic) bond motifs is 1. The first-order chi connectivity index (χ1) is 18.8. The van der Waals surface area contributed by atoms with Crippen LogP contribution >= 0.6 is 23.4 Å². The monoisotopic (exact) mass is 566 g/mol. The van der Waals surface area contributed by atoms with E-state index in [0.29, 0.717) is 44.8 Å². The van der Waals surface area contributed by atoms with Gasteiger partial charge in [0.05, 0.1) is 18.6 Å². The maximum Gasteiger partial charge on any atom is 0.293 e. The Kier molecular flexibility index (Phi) is 7.67. The molecule has 0 unspecified atom stereocenters. The van der Waals surface area contributed by atoms with Crippen molar-refractivity contribution >= 4 is 52.2 Å². The molecule has 0 radical (unpaired) electrons. The molecule has 0 aliphatic carbocycles. The fourth-order valence-corrected chi connectivity index (χ4v) is 4.96. The van der Waals surface area contributed by atoms with Gasteiger partial charge in [0.2, 0.25) is 6.79 Å². The Morgan fingerprint density at radius 3 is 2.56 bits per heavy atom. The van der Waals surface area contributed by atoms with E-state index in [4.69, 9.17) is 30.5 Å². The average molecular weight is 567 g/mol. The third-order valence-corrected chi connectivity index (χ3v) is 7.18. The normalized spacial score (nSPS) is 15.2. The van der Waals surface area contributed by atoms with Crippen molar-refractivity contribution < 1.29 is 33.3 Å². The molecule has 11 heteroatoms. The van der Waals surface area contributed by atoms with Gasteiger partial charge in [-0.05, 0) is 66.2 Å². The highest BCUT2D eigenvalue weighted by Crippen LogP contribution is 2.40. The molecule has 5 rings (SSSR count). The van der Waals surface area contributed by atoms with Gasteiger partial charge in [-0.1, -0.05) is 35.4 Å². The van der Waals surface area contributed by atoms with Gasteiger partial charge in [0.1, 0.15) is 0 Å². The molecular weight excluding hydrogens is 544 g/mol. The van der Waals surface area contributed by atoms with Crippen molar-refractivity contribution in [1.82, 2.24) is 4.90 Å². The zero-order valence-corrected chi connectivity index (χ0v) is 22.6. The van der Waals surface area contributed by atoms with E-state index in [1.807, 2.05) is 31.2 Å². The molecule has 1 N–H and O–H groups in total. The lowest BCUT2D eigenvalue weighted by atomic mass is 10.1. The standard InChI is InChI=1S/C28H23ClN2O7S/c1-16-3-6-19(7-4-16)30-26(32)14-36-21-8-5-17(9-22(21)35-2)10-25-27(33)31(28(34)39-25)13-18-11-23-24(12-20(18)29)38-15-37-23/h3-12H,13-15H2,1-2H3,(H,30,32)/b25-10+. The predicted octanol–water partition coefficient (Wildman–Crippen LogP) is 5.64. The summed E-state index contributed by atoms with van der Waals surface area (Å²) in [6.07, 6.45) is 1.60. The highest BCUT2D eigenvalue weighted by atomic mass is 35.5. The molecule has 0 saturated carbocycles. The Balaban J connectivity index is 1.25. The number of imide groups is 1. The number of nitrogens with zero attached hydrogens (tertiary/aromatic N) is 1. The van der Waals surface area contributed by atoms with Crippen LogP contribution < -0.4 is 24.3 Å². The van der Waals surface area contributed by atoms with Crippen LogP contribution in [0, 0.1) is 6.92 Å². The number of ether oxygens (including phenoxy) is 4. The third kappa shape index (κ3) is 5.97. The summed E-state index contributed by atoms with van der Waals surface area (Å²) >= 11 is 7.17. The number of anilines is 1. The molecule has 3 aromatic rings. The quantitative estimate of drug-likeness (QED) is 0.349. The number of carbonyl (C=O) groups excluding carboxylic acids is 3. The number of halogens is 1. The Hall–Kier alpha value is -4.15. The zero-order valence-electron chi connectivity index (χ0n) is 21.0. The van der Waals surface area contributed by atoms with Gasteiger partial charge in [-0.25, -0.2) is 0 Å². The van der Waals surface area contributed by atoms with Crippen LogP contribution in [-0.4, -0.2) is 42.5 Å². The van der Waals surface area contributed by atoms with E-state index in [9.17, 15) is 14.4 Å². The van der Waals surface area contributed by atoms with Gasteiger partial charge in [0, 0.05) is 16.8 Å². The third-order valence-electron chi connectivity index (χ3n) is 5.92. The van der Waals surface area contributed by atoms with Crippen LogP contribution in [0.2, 0.25) is 5.02 Å². The van der Waals surface area contributed by atoms with Crippen LogP contribution in [0.5, 0.6) is 23.0 Å². The van der Waals surface area contributed by atoms with Crippen molar-refractivity contribution in [2.45, 2.75) is 13.5 Å². The Labute approximate surface area is 233 Å². The smallest absolute Gasteiger partial charge is 0.293 e. The lowest BCUT2D eigenvalue weighted by Crippen LogP contribution is -2.27. The van der Waals surface area contributed by atoms with Gasteiger partial charge in [0.25, 0.3) is 17.1 Å². The van der Waals surface area contributed by atoms with Gasteiger partial charge in [0.15, 0.2) is 29.6 Å². The summed E-state index contributed by atoms with van der Waals surface area (Å²) in [7, 11) is 1.47. The molecule has 0 bridgehead atoms. The molecule has 3 aromatic carbocycles. The van der Waals surface area contributed by atoms with Crippen LogP contribution in [0.4, 0.5) is 10.5 Å². The first-order valence-electron chi connectivity index (χ1n) is 11.8. The van der Waals surface area contributed by atoms with E-state index in [0.717, 1.165) is 22.2 Å². The number of thioether (sulfide) groups is 1. The van der Waals surface area contributed by atoms with Gasteiger partial charge < -0.3 is 24.3 Å². The summed E-state index contributed by atoms with van der Waals surface area (Å²) in [4.78, 5) is 39.4. The van der Waals surface area contributed by atoms with Crippen molar-refractivity contribution in [3.63, 3.8) is 0 Å². The number of benzene rings is 3. The Morgan fingerprint density at radius 1 is 1.08 bits per heavy atom. The molecule has 39 heavy (non-hydrogen) atoms. The number of nitrogens with one attached hydrogen (secondary N) is 1. The molecule has 1 fully saturated rings. The van der Waals surface area contributed by atoms with E-state index in [-0.39, 0.29) is 30.8 Å². The molecule has 3 amide bonds. The molecular formula is C28H23ClN2O7S. The number of hydrogen-bond acceptors (Lipinski definition) is 8. The number of hydrogen-bond donors (Lipinski definition) is 1. The molecule has 0 aromatic heterocycles. The summed E-state index contributed by atoms with van der Waals surface area (Å²) in [5.41, 5.74) is 2.95. The van der Waals surface area contributed by atoms with Crippen LogP contribution in [0.3, 0.4) is 0 Å². The topological polar surface area (TPSA) is 103 Å². The summed E-state index contributed by atoms with van der Waals surface area (Å²) in [5.74, 6) is 1.01. The summed E-state index contributed by atoms with van der Waals surface area (Å²) in [5, 5.41) is 2.73. The maximum atomic E-state index is 13.1. The molecule has 2 aliphatic heterocycles. The molecule has 1 saturated heterocycles. The predicted molar refractivity (Wildman–Crippen MR) is 147 cm³/mol. The number of methoxy groups -OCH3 is 1. The first-order valence-corrected chi connectivity index (χ1v) is 13.0. The lowest BCUT2D eigenvalue weighted by Gasteiger charge is -2.14. The zero-order chi connectivity index (χ0) is 27.5. The SMILES string of the molecule is COc1cc(/C=C2/SC(=O)N(Cc3cc4c(cc3Cl)OCO4)C2=O)ccc1OCC(=O)Nc1ccc(C)cc1. The molecule has 2 heterocycles. The number of rotatable bonds is 8. The first kappa shape index (κ1) is 26.5. The van der Waals surface area contributed by atoms with Gasteiger partial charge in [-0.15, -0.1) is 0 Å². The van der Waals surface area contributed by atoms with Crippen molar-refractivity contribution in [2.75, 3.05) is 25.8 Å². The summed E-state index contributed by atoms with van der Waals surface area (Å²) in [6, 6.07) is 15.7. The highest BCUT2D eigenvalue weighted by molar-refractivity contribution is 8.18. The molecule has 0 atom stereocenters. The van der Waals surface area contributed by atoms with E-state index in [2.05, 4.69) is 5.32 Å². The van der Waals surface area contributed by atoms with Gasteiger partial charge >= 0.3 is 0 Å². The number of aryl methyl sites for hydroxylation is 1. The minimum Gasteiger partial charge on any atom is -0.493 e. The summed E-state index contributed by atoms with van der Waals surface area (Å²) < 4.78 is 21.8. The average Bonchev–Trinajstić information content (AvgIpc) is 3.48. The number of carbonyl (C=O) groups is 3. The minimum absolute atomic E-state index is 0.00175. The molecule has 2 aliphatic rings. The molecule has 200 valence electrons. The van der Waals surface area contributed by atoms with E-state index in [1.54, 1.807) is 36.4 Å². The second-order valence-electron chi connectivity index (χ2n) is 8.68. The molecule has 0 spiro atoms.